The predicted octanol–water partition coefficient (Wildman–Crippen LogP) is 6.92. The van der Waals surface area contributed by atoms with Crippen LogP contribution in [0.15, 0.2) is 0 Å². The highest BCUT2D eigenvalue weighted by Crippen LogP contribution is 2.20. The molecule has 0 radical (unpaired) electrons. The number of nitrogens with two attached hydrogens (primary N) is 2. The topological polar surface area (TPSA) is 239 Å². The fraction of sp³-hybridized carbons (Fsp3) is 0.943. The van der Waals surface area contributed by atoms with E-state index >= 15 is 0 Å². The number of amides is 3. The van der Waals surface area contributed by atoms with Crippen molar-refractivity contribution in [3.05, 3.63) is 0 Å². The normalized spacial score (nSPS) is 14.5. The van der Waals surface area contributed by atoms with Gasteiger partial charge in [-0.25, -0.2) is 5.01 Å². The fourth-order valence-corrected chi connectivity index (χ4v) is 8.69. The molecule has 0 aromatic heterocycles. The lowest BCUT2D eigenvalue weighted by Crippen LogP contribution is -2.53. The van der Waals surface area contributed by atoms with Gasteiger partial charge in [0.05, 0.1) is 12.3 Å². The number of hydrazine groups is 1. The van der Waals surface area contributed by atoms with Gasteiger partial charge in [-0.1, -0.05) is 143 Å². The third-order valence-corrected chi connectivity index (χ3v) is 13.2. The van der Waals surface area contributed by atoms with Gasteiger partial charge in [-0.2, -0.15) is 0 Å². The molecule has 3 amide bonds. The molecule has 2 unspecified atom stereocenters. The molecule has 68 heavy (non-hydrogen) atoms. The Hall–Kier alpha value is -1.95. The minimum atomic E-state index is -1.78. The van der Waals surface area contributed by atoms with Crippen molar-refractivity contribution < 1.29 is 34.8 Å². The van der Waals surface area contributed by atoms with E-state index in [2.05, 4.69) is 52.1 Å². The lowest BCUT2D eigenvalue weighted by molar-refractivity contribution is -0.145. The third-order valence-electron chi connectivity index (χ3n) is 13.2. The first kappa shape index (κ1) is 66.0. The maximum absolute atomic E-state index is 12.5. The first-order chi connectivity index (χ1) is 32.9. The van der Waals surface area contributed by atoms with Crippen LogP contribution in [-0.4, -0.2) is 138 Å². The molecule has 6 atom stereocenters. The highest BCUT2D eigenvalue weighted by molar-refractivity contribution is 5.81. The van der Waals surface area contributed by atoms with Gasteiger partial charge in [-0.3, -0.25) is 24.7 Å². The molecule has 0 aromatic carbocycles. The molecule has 0 aliphatic rings. The Labute approximate surface area is 416 Å². The van der Waals surface area contributed by atoms with E-state index < -0.39 is 30.3 Å². The standard InChI is InChI=1S/C53H110N8O7/c1-5-8-42-60(41-7-3)52(55)46(44-61(43-9-6-2)59-40-32-36-54)33-26-22-25-30-38-57-48(64)35-28-20-16-12-10-14-18-23-29-37-56-47(63)34-27-21-17-13-11-15-19-24-31-39-58-53(68)51(67)50(66)49(65)45(4)62/h45-46,49-52,59,62,65-67H,5-44,54-55H2,1-4H3,(H,56,63)(H,57,64)(H,58,68)/t45-,46?,49-,50+,51-,52?/m1/s1. The Bertz CT molecular complexity index is 1160. The molecule has 0 aliphatic carbocycles. The van der Waals surface area contributed by atoms with E-state index in [1.54, 1.807) is 0 Å². The van der Waals surface area contributed by atoms with E-state index in [-0.39, 0.29) is 18.0 Å². The van der Waals surface area contributed by atoms with Gasteiger partial charge in [0, 0.05) is 58.0 Å². The summed E-state index contributed by atoms with van der Waals surface area (Å²) in [4.78, 5) is 39.1. The fourth-order valence-electron chi connectivity index (χ4n) is 8.69. The molecule has 0 fully saturated rings. The van der Waals surface area contributed by atoms with Crippen molar-refractivity contribution in [1.29, 1.82) is 0 Å². The van der Waals surface area contributed by atoms with Crippen LogP contribution in [0.1, 0.15) is 227 Å². The number of carbonyl (C=O) groups is 3. The van der Waals surface area contributed by atoms with Gasteiger partial charge < -0.3 is 47.8 Å². The molecule has 0 saturated heterocycles. The van der Waals surface area contributed by atoms with Crippen molar-refractivity contribution in [2.24, 2.45) is 17.4 Å². The number of carbonyl (C=O) groups excluding carboxylic acids is 3. The van der Waals surface area contributed by atoms with Crippen LogP contribution in [0.3, 0.4) is 0 Å². The Morgan fingerprint density at radius 1 is 0.500 bits per heavy atom. The van der Waals surface area contributed by atoms with Crippen LogP contribution in [0.4, 0.5) is 0 Å². The molecule has 404 valence electrons. The van der Waals surface area contributed by atoms with Crippen molar-refractivity contribution in [2.75, 3.05) is 58.9 Å². The van der Waals surface area contributed by atoms with Crippen LogP contribution in [0.5, 0.6) is 0 Å². The molecule has 0 spiro atoms. The second-order valence-electron chi connectivity index (χ2n) is 19.7. The van der Waals surface area contributed by atoms with E-state index in [9.17, 15) is 34.8 Å². The van der Waals surface area contributed by atoms with Crippen LogP contribution in [0.25, 0.3) is 0 Å². The summed E-state index contributed by atoms with van der Waals surface area (Å²) in [6.07, 6.45) is 27.0. The van der Waals surface area contributed by atoms with Gasteiger partial charge in [0.1, 0.15) is 12.2 Å². The predicted molar refractivity (Wildman–Crippen MR) is 281 cm³/mol. The third kappa shape index (κ3) is 37.8. The van der Waals surface area contributed by atoms with Crippen LogP contribution in [0.2, 0.25) is 0 Å². The summed E-state index contributed by atoms with van der Waals surface area (Å²) in [5.41, 5.74) is 16.5. The lowest BCUT2D eigenvalue weighted by Gasteiger charge is -2.37. The summed E-state index contributed by atoms with van der Waals surface area (Å²) in [5.74, 6) is -0.000384. The van der Waals surface area contributed by atoms with E-state index in [1.165, 1.54) is 71.1 Å². The average molecular weight is 972 g/mol. The number of nitrogens with zero attached hydrogens (tertiary/aromatic N) is 2. The number of hydrogen-bond donors (Lipinski definition) is 10. The summed E-state index contributed by atoms with van der Waals surface area (Å²) in [5, 5.41) is 49.7. The molecule has 0 aromatic rings. The molecule has 0 aliphatic heterocycles. The number of hydrogen-bond acceptors (Lipinski definition) is 12. The number of unbranched alkanes of at least 4 members (excludes halogenated alkanes) is 21. The van der Waals surface area contributed by atoms with Gasteiger partial charge >= 0.3 is 0 Å². The quantitative estimate of drug-likeness (QED) is 0.0170. The Kier molecular flexibility index (Phi) is 46.0. The molecular weight excluding hydrogens is 861 g/mol. The second-order valence-corrected chi connectivity index (χ2v) is 19.7. The van der Waals surface area contributed by atoms with Gasteiger partial charge in [-0.05, 0) is 90.8 Å². The van der Waals surface area contributed by atoms with Crippen molar-refractivity contribution in [2.45, 2.75) is 257 Å². The summed E-state index contributed by atoms with van der Waals surface area (Å²) < 4.78 is 0. The van der Waals surface area contributed by atoms with Gasteiger partial charge in [0.15, 0.2) is 6.10 Å². The molecule has 0 heterocycles. The van der Waals surface area contributed by atoms with E-state index in [1.807, 2.05) is 0 Å². The van der Waals surface area contributed by atoms with E-state index in [0.29, 0.717) is 31.8 Å². The van der Waals surface area contributed by atoms with Gasteiger partial charge in [-0.15, -0.1) is 0 Å². The van der Waals surface area contributed by atoms with Crippen molar-refractivity contribution in [3.8, 4) is 0 Å². The Morgan fingerprint density at radius 3 is 1.40 bits per heavy atom. The maximum Gasteiger partial charge on any atom is 0.251 e. The smallest absolute Gasteiger partial charge is 0.251 e. The van der Waals surface area contributed by atoms with Crippen LogP contribution < -0.4 is 32.8 Å². The van der Waals surface area contributed by atoms with Crippen molar-refractivity contribution >= 4 is 17.7 Å². The van der Waals surface area contributed by atoms with Gasteiger partial charge in [0.2, 0.25) is 11.8 Å². The monoisotopic (exact) mass is 971 g/mol. The number of aliphatic hydroxyl groups excluding tert-OH is 4. The Morgan fingerprint density at radius 2 is 0.941 bits per heavy atom. The van der Waals surface area contributed by atoms with E-state index in [4.69, 9.17) is 11.5 Å². The van der Waals surface area contributed by atoms with Crippen LogP contribution >= 0.6 is 0 Å². The summed E-state index contributed by atoms with van der Waals surface area (Å²) >= 11 is 0. The highest BCUT2D eigenvalue weighted by Gasteiger charge is 2.32. The summed E-state index contributed by atoms with van der Waals surface area (Å²) in [6.45, 7) is 15.7. The largest absolute Gasteiger partial charge is 0.391 e. The average Bonchev–Trinajstić information content (AvgIpc) is 3.33. The first-order valence-corrected chi connectivity index (χ1v) is 28.1. The molecule has 15 nitrogen and oxygen atoms in total. The molecule has 15 heteroatoms. The molecule has 12 N–H and O–H groups in total. The molecule has 0 saturated carbocycles. The molecule has 0 bridgehead atoms. The number of rotatable bonds is 51. The van der Waals surface area contributed by atoms with E-state index in [0.717, 1.165) is 168 Å². The summed E-state index contributed by atoms with van der Waals surface area (Å²) in [6, 6.07) is 0. The highest BCUT2D eigenvalue weighted by atomic mass is 16.4. The zero-order valence-electron chi connectivity index (χ0n) is 44.3. The molecule has 0 rings (SSSR count). The number of nitrogens with one attached hydrogen (secondary N) is 4. The summed E-state index contributed by atoms with van der Waals surface area (Å²) in [7, 11) is 0. The Balaban J connectivity index is 3.86. The minimum absolute atomic E-state index is 0.0630. The maximum atomic E-state index is 12.5. The molecular formula is C53H110N8O7. The minimum Gasteiger partial charge on any atom is -0.391 e. The zero-order chi connectivity index (χ0) is 50.5. The van der Waals surface area contributed by atoms with Crippen molar-refractivity contribution in [3.63, 3.8) is 0 Å². The first-order valence-electron chi connectivity index (χ1n) is 28.1. The number of aliphatic hydroxyl groups is 4. The SMILES string of the molecule is CCCCN(CC(CCCCCCNC(=O)CCCCCCCCCCCNC(=O)CCCCCCCCCCCNC(=O)[C@H](O)[C@@H](O)[C@H](O)[C@@H](C)O)C(N)N(CCC)CCCC)NCCCN. The van der Waals surface area contributed by atoms with Crippen LogP contribution in [0, 0.1) is 5.92 Å². The van der Waals surface area contributed by atoms with Crippen molar-refractivity contribution in [1.82, 2.24) is 31.3 Å². The van der Waals surface area contributed by atoms with Crippen LogP contribution in [-0.2, 0) is 14.4 Å². The van der Waals surface area contributed by atoms with Gasteiger partial charge in [0.25, 0.3) is 5.91 Å². The zero-order valence-corrected chi connectivity index (χ0v) is 44.3. The second kappa shape index (κ2) is 47.4. The lowest BCUT2D eigenvalue weighted by atomic mass is 9.96.